The van der Waals surface area contributed by atoms with Gasteiger partial charge in [-0.25, -0.2) is 0 Å². The second-order valence-corrected chi connectivity index (χ2v) is 5.74. The fraction of sp³-hybridized carbons (Fsp3) is 0.0769. The molecule has 0 aliphatic rings. The first kappa shape index (κ1) is 12.6. The summed E-state index contributed by atoms with van der Waals surface area (Å²) in [7, 11) is -3.94. The zero-order valence-corrected chi connectivity index (χ0v) is 11.4. The molecule has 0 saturated carbocycles. The molecule has 0 amide bonds. The standard InChI is InChI=1S/C13H11N3O3S/c1-10-6-2-5-9-13(10)20(17,18)19-16-12-8-4-3-7-11(12)14-15-16/h2-9H,1H3. The Balaban J connectivity index is 2.04. The molecule has 0 unspecified atom stereocenters. The van der Waals surface area contributed by atoms with Crippen LogP contribution in [-0.2, 0) is 10.1 Å². The Morgan fingerprint density at radius 1 is 1.05 bits per heavy atom. The van der Waals surface area contributed by atoms with Crippen LogP contribution in [0.25, 0.3) is 11.0 Å². The minimum absolute atomic E-state index is 0.111. The predicted octanol–water partition coefficient (Wildman–Crippen LogP) is 1.56. The predicted molar refractivity (Wildman–Crippen MR) is 72.5 cm³/mol. The van der Waals surface area contributed by atoms with E-state index in [0.29, 0.717) is 16.6 Å². The first-order chi connectivity index (χ1) is 9.58. The third-order valence-corrected chi connectivity index (χ3v) is 4.19. The SMILES string of the molecule is Cc1ccccc1S(=O)(=O)On1nnc2ccccc21. The van der Waals surface area contributed by atoms with E-state index in [1.54, 1.807) is 49.4 Å². The number of nitrogens with zero attached hydrogens (tertiary/aromatic N) is 3. The molecule has 2 aromatic carbocycles. The van der Waals surface area contributed by atoms with Gasteiger partial charge in [0.2, 0.25) is 0 Å². The number of hydrogen-bond donors (Lipinski definition) is 0. The van der Waals surface area contributed by atoms with Crippen LogP contribution in [0, 0.1) is 6.92 Å². The Morgan fingerprint density at radius 3 is 2.55 bits per heavy atom. The summed E-state index contributed by atoms with van der Waals surface area (Å²) in [5.74, 6) is 0. The lowest BCUT2D eigenvalue weighted by atomic mass is 10.2. The van der Waals surface area contributed by atoms with E-state index in [4.69, 9.17) is 4.28 Å². The molecule has 1 aromatic heterocycles. The molecule has 6 nitrogen and oxygen atoms in total. The van der Waals surface area contributed by atoms with Crippen molar-refractivity contribution in [1.29, 1.82) is 0 Å². The second-order valence-electron chi connectivity index (χ2n) is 4.25. The van der Waals surface area contributed by atoms with Crippen LogP contribution in [-0.4, -0.2) is 23.6 Å². The maximum Gasteiger partial charge on any atom is 0.358 e. The fourth-order valence-corrected chi connectivity index (χ4v) is 2.96. The highest BCUT2D eigenvalue weighted by Crippen LogP contribution is 2.16. The second kappa shape index (κ2) is 4.61. The lowest BCUT2D eigenvalue weighted by Crippen LogP contribution is -2.22. The molecule has 102 valence electrons. The smallest absolute Gasteiger partial charge is 0.264 e. The molecule has 0 fully saturated rings. The Kier molecular flexibility index (Phi) is 2.90. The molecule has 0 aliphatic heterocycles. The van der Waals surface area contributed by atoms with Crippen molar-refractivity contribution in [3.05, 3.63) is 54.1 Å². The maximum atomic E-state index is 12.3. The highest BCUT2D eigenvalue weighted by Gasteiger charge is 2.20. The fourth-order valence-electron chi connectivity index (χ4n) is 1.87. The number of benzene rings is 2. The molecule has 0 N–H and O–H groups in total. The summed E-state index contributed by atoms with van der Waals surface area (Å²) in [6, 6.07) is 13.6. The molecule has 7 heteroatoms. The Bertz CT molecular complexity index is 871. The van der Waals surface area contributed by atoms with Crippen molar-refractivity contribution in [3.63, 3.8) is 0 Å². The van der Waals surface area contributed by atoms with E-state index in [1.807, 2.05) is 0 Å². The van der Waals surface area contributed by atoms with Crippen LogP contribution in [0.1, 0.15) is 5.56 Å². The molecule has 3 rings (SSSR count). The lowest BCUT2D eigenvalue weighted by molar-refractivity contribution is 0.244. The number of para-hydroxylation sites is 1. The maximum absolute atomic E-state index is 12.3. The van der Waals surface area contributed by atoms with E-state index in [1.165, 1.54) is 6.07 Å². The highest BCUT2D eigenvalue weighted by molar-refractivity contribution is 7.87. The van der Waals surface area contributed by atoms with Crippen LogP contribution in [0.2, 0.25) is 0 Å². The van der Waals surface area contributed by atoms with Crippen molar-refractivity contribution < 1.29 is 12.7 Å². The molecule has 3 aromatic rings. The normalized spacial score (nSPS) is 11.7. The van der Waals surface area contributed by atoms with E-state index >= 15 is 0 Å². The summed E-state index contributed by atoms with van der Waals surface area (Å²) in [4.78, 5) is 1.02. The van der Waals surface area contributed by atoms with Gasteiger partial charge in [0.05, 0.1) is 0 Å². The van der Waals surface area contributed by atoms with Crippen LogP contribution < -0.4 is 4.28 Å². The minimum atomic E-state index is -3.94. The molecule has 0 radical (unpaired) electrons. The minimum Gasteiger partial charge on any atom is -0.264 e. The number of aromatic nitrogens is 3. The molecular weight excluding hydrogens is 278 g/mol. The zero-order valence-electron chi connectivity index (χ0n) is 10.6. The molecular formula is C13H11N3O3S. The molecule has 0 saturated heterocycles. The van der Waals surface area contributed by atoms with E-state index in [0.717, 1.165) is 4.85 Å². The number of hydrogen-bond acceptors (Lipinski definition) is 5. The van der Waals surface area contributed by atoms with Gasteiger partial charge in [-0.05, 0) is 35.9 Å². The molecule has 0 atom stereocenters. The molecule has 0 bridgehead atoms. The summed E-state index contributed by atoms with van der Waals surface area (Å²) >= 11 is 0. The van der Waals surface area contributed by atoms with E-state index in [2.05, 4.69) is 10.3 Å². The average molecular weight is 289 g/mol. The monoisotopic (exact) mass is 289 g/mol. The summed E-state index contributed by atoms with van der Waals surface area (Å²) in [5.41, 5.74) is 1.66. The van der Waals surface area contributed by atoms with Crippen LogP contribution >= 0.6 is 0 Å². The number of rotatable bonds is 3. The van der Waals surface area contributed by atoms with Gasteiger partial charge in [-0.2, -0.15) is 8.42 Å². The van der Waals surface area contributed by atoms with E-state index in [9.17, 15) is 8.42 Å². The first-order valence-electron chi connectivity index (χ1n) is 5.89. The van der Waals surface area contributed by atoms with Crippen molar-refractivity contribution in [2.75, 3.05) is 0 Å². The van der Waals surface area contributed by atoms with Gasteiger partial charge >= 0.3 is 10.1 Å². The van der Waals surface area contributed by atoms with Gasteiger partial charge in [-0.3, -0.25) is 4.28 Å². The quantitative estimate of drug-likeness (QED) is 0.731. The Labute approximate surface area is 115 Å². The summed E-state index contributed by atoms with van der Waals surface area (Å²) < 4.78 is 29.5. The van der Waals surface area contributed by atoms with Crippen LogP contribution in [0.3, 0.4) is 0 Å². The van der Waals surface area contributed by atoms with E-state index in [-0.39, 0.29) is 4.90 Å². The van der Waals surface area contributed by atoms with Gasteiger partial charge in [-0.15, -0.1) is 5.10 Å². The van der Waals surface area contributed by atoms with Crippen LogP contribution in [0.15, 0.2) is 53.4 Å². The largest absolute Gasteiger partial charge is 0.358 e. The first-order valence-corrected chi connectivity index (χ1v) is 7.30. The molecule has 1 heterocycles. The zero-order chi connectivity index (χ0) is 14.2. The molecule has 20 heavy (non-hydrogen) atoms. The molecule has 0 spiro atoms. The van der Waals surface area contributed by atoms with Gasteiger partial charge in [0.1, 0.15) is 15.9 Å². The Hall–Kier alpha value is -2.41. The third-order valence-electron chi connectivity index (χ3n) is 2.85. The summed E-state index contributed by atoms with van der Waals surface area (Å²) in [6.45, 7) is 1.70. The van der Waals surface area contributed by atoms with Crippen molar-refractivity contribution in [3.8, 4) is 0 Å². The lowest BCUT2D eigenvalue weighted by Gasteiger charge is -2.07. The van der Waals surface area contributed by atoms with Crippen molar-refractivity contribution >= 4 is 21.2 Å². The highest BCUT2D eigenvalue weighted by atomic mass is 32.2. The van der Waals surface area contributed by atoms with E-state index < -0.39 is 10.1 Å². The van der Waals surface area contributed by atoms with Crippen molar-refractivity contribution in [2.45, 2.75) is 11.8 Å². The number of fused-ring (bicyclic) bond motifs is 1. The van der Waals surface area contributed by atoms with Gasteiger partial charge < -0.3 is 0 Å². The van der Waals surface area contributed by atoms with Crippen molar-refractivity contribution in [2.24, 2.45) is 0 Å². The summed E-state index contributed by atoms with van der Waals surface area (Å²) in [5, 5.41) is 7.54. The van der Waals surface area contributed by atoms with Crippen molar-refractivity contribution in [1.82, 2.24) is 15.2 Å². The van der Waals surface area contributed by atoms with Gasteiger partial charge in [0.25, 0.3) is 0 Å². The third kappa shape index (κ3) is 2.12. The van der Waals surface area contributed by atoms with Gasteiger partial charge in [0.15, 0.2) is 0 Å². The Morgan fingerprint density at radius 2 is 1.75 bits per heavy atom. The summed E-state index contributed by atoms with van der Waals surface area (Å²) in [6.07, 6.45) is 0. The van der Waals surface area contributed by atoms with Gasteiger partial charge in [-0.1, -0.05) is 35.2 Å². The topological polar surface area (TPSA) is 74.1 Å². The van der Waals surface area contributed by atoms with Gasteiger partial charge in [0, 0.05) is 0 Å². The van der Waals surface area contributed by atoms with Crippen LogP contribution in [0.4, 0.5) is 0 Å². The molecule has 0 aliphatic carbocycles. The van der Waals surface area contributed by atoms with Crippen LogP contribution in [0.5, 0.6) is 0 Å². The average Bonchev–Trinajstić information content (AvgIpc) is 2.82. The number of aryl methyl sites for hydroxylation is 1.